The molecule has 0 saturated carbocycles. The molecule has 2 aliphatic rings. The average Bonchev–Trinajstić information content (AvgIpc) is 1.49. The number of H-pyrrole nitrogens is 2. The zero-order chi connectivity index (χ0) is 67.5. The van der Waals surface area contributed by atoms with E-state index in [0.29, 0.717) is 34.1 Å². The number of amides is 12. The number of para-hydroxylation sites is 1. The van der Waals surface area contributed by atoms with E-state index >= 15 is 0 Å². The number of aliphatic hydroxyl groups is 1. The summed E-state index contributed by atoms with van der Waals surface area (Å²) in [4.78, 5) is 168. The first-order valence-electron chi connectivity index (χ1n) is 30.2. The first-order chi connectivity index (χ1) is 43.5. The number of imidazole rings is 1. The number of primary amides is 1. The van der Waals surface area contributed by atoms with Crippen LogP contribution >= 0.6 is 0 Å². The lowest BCUT2D eigenvalue weighted by Gasteiger charge is -2.32. The molecule has 0 radical (unpaired) electrons. The molecule has 2 aromatic carbocycles. The Morgan fingerprint density at radius 1 is 0.761 bits per heavy atom. The summed E-state index contributed by atoms with van der Waals surface area (Å²) in [5.41, 5.74) is 19.8. The summed E-state index contributed by atoms with van der Waals surface area (Å²) in [6, 6.07) is 0.554. The highest BCUT2D eigenvalue weighted by Crippen LogP contribution is 2.23. The Morgan fingerprint density at radius 3 is 2.02 bits per heavy atom. The van der Waals surface area contributed by atoms with Gasteiger partial charge in [-0.15, -0.1) is 0 Å². The van der Waals surface area contributed by atoms with Crippen LogP contribution in [0.5, 0.6) is 5.75 Å². The lowest BCUT2D eigenvalue weighted by atomic mass is 9.92. The van der Waals surface area contributed by atoms with E-state index < -0.39 is 132 Å². The number of nitrogens with zero attached hydrogens (tertiary/aromatic N) is 3. The van der Waals surface area contributed by atoms with Gasteiger partial charge < -0.3 is 89.6 Å². The second-order valence-corrected chi connectivity index (χ2v) is 24.4. The molecule has 500 valence electrons. The maximum absolute atomic E-state index is 14.8. The summed E-state index contributed by atoms with van der Waals surface area (Å²) in [5.74, 6) is -8.63. The quantitative estimate of drug-likeness (QED) is 0.0105. The van der Waals surface area contributed by atoms with Crippen molar-refractivity contribution in [2.45, 2.75) is 165 Å². The van der Waals surface area contributed by atoms with Crippen LogP contribution in [-0.4, -0.2) is 187 Å². The number of aromatic amines is 2. The Kier molecular flexibility index (Phi) is 25.4. The Hall–Kier alpha value is -9.85. The molecule has 2 aliphatic heterocycles. The van der Waals surface area contributed by atoms with Crippen LogP contribution in [0.2, 0.25) is 0 Å². The van der Waals surface area contributed by atoms with E-state index in [4.69, 9.17) is 21.9 Å². The number of nitrogens with one attached hydrogen (secondary N) is 12. The fraction of sp³-hybridized carbons (Fsp3) is 0.517. The van der Waals surface area contributed by atoms with Crippen molar-refractivity contribution in [3.8, 4) is 5.75 Å². The first kappa shape index (κ1) is 71.2. The highest BCUT2D eigenvalue weighted by Gasteiger charge is 2.43. The summed E-state index contributed by atoms with van der Waals surface area (Å²) in [5, 5.41) is 43.0. The molecule has 4 heterocycles. The van der Waals surface area contributed by atoms with Gasteiger partial charge in [-0.3, -0.25) is 58.4 Å². The Balaban J connectivity index is 1.25. The predicted octanol–water partition coefficient (Wildman–Crippen LogP) is -2.72. The van der Waals surface area contributed by atoms with Gasteiger partial charge in [-0.1, -0.05) is 44.2 Å². The Bertz CT molecular complexity index is 3290. The van der Waals surface area contributed by atoms with Crippen molar-refractivity contribution in [2.75, 3.05) is 26.3 Å². The summed E-state index contributed by atoms with van der Waals surface area (Å²) in [6.45, 7) is 8.70. The smallest absolute Gasteiger partial charge is 0.330 e. The van der Waals surface area contributed by atoms with E-state index in [-0.39, 0.29) is 94.4 Å². The number of urea groups is 1. The van der Waals surface area contributed by atoms with Crippen molar-refractivity contribution in [3.63, 3.8) is 0 Å². The number of ether oxygens (including phenoxy) is 1. The van der Waals surface area contributed by atoms with Gasteiger partial charge in [0.2, 0.25) is 53.2 Å². The molecule has 0 aliphatic carbocycles. The van der Waals surface area contributed by atoms with Crippen LogP contribution in [0.25, 0.3) is 10.9 Å². The van der Waals surface area contributed by atoms with E-state index in [1.54, 1.807) is 65.1 Å². The van der Waals surface area contributed by atoms with Crippen molar-refractivity contribution in [1.82, 2.24) is 73.2 Å². The number of aliphatic imine (C=N–C) groups is 1. The molecule has 32 heteroatoms. The van der Waals surface area contributed by atoms with Crippen LogP contribution in [-0.2, 0) is 71.9 Å². The third-order valence-electron chi connectivity index (χ3n) is 15.2. The number of hydrogen-bond donors (Lipinski definition) is 17. The Morgan fingerprint density at radius 2 is 1.39 bits per heavy atom. The van der Waals surface area contributed by atoms with E-state index in [0.717, 1.165) is 0 Å². The van der Waals surface area contributed by atoms with Crippen LogP contribution in [0.1, 0.15) is 103 Å². The van der Waals surface area contributed by atoms with Crippen LogP contribution < -0.4 is 70.6 Å². The van der Waals surface area contributed by atoms with E-state index in [9.17, 15) is 63.0 Å². The number of aromatic nitrogens is 3. The molecule has 20 N–H and O–H groups in total. The molecular weight excluding hydrogens is 1200 g/mol. The van der Waals surface area contributed by atoms with Crippen LogP contribution in [0.4, 0.5) is 4.79 Å². The number of carbonyl (C=O) groups is 11. The highest BCUT2D eigenvalue weighted by molar-refractivity contribution is 6.00. The molecule has 2 fully saturated rings. The standard InChI is InChI=1S/C60H86N18O14/c1-32(2)23-41(48(82)69-40(13-9-21-65-57(61)62)55(89)78-22-10-14-46(78)54(88)76-77-58(63)91)70-52(86)45(30-92-59(3,4)5)73-49(83)42(24-33-15-17-36(80)18-16-33)71-51(85)44(29-79)72-50(84)43(25-34-27-66-38-12-8-7-11-37(34)38)74-56(90)60(6,26-35-28-64-31-67-35)75-53(87)39-19-20-47(81)68-39/h7-8,11-12,15-18,27-28,31-32,39-46,66,79-80H,9-10,13-14,19-26,29-30H2,1-6H3,(H,64,67)(H,68,81)(H,69,82)(H,70,86)(H,71,85)(H,72,84)(H,73,83)(H,74,90)(H,75,87)(H,76,88)(H4,61,62,65)(H3,63,77,91). The number of phenolic OH excluding ortho intramolecular Hbond substituents is 1. The number of carbonyl (C=O) groups excluding carboxylic acids is 11. The van der Waals surface area contributed by atoms with Gasteiger partial charge in [0, 0.05) is 67.8 Å². The molecular formula is C60H86N18O14. The number of likely N-dealkylation sites (tertiary alicyclic amines) is 1. The monoisotopic (exact) mass is 1280 g/mol. The predicted molar refractivity (Wildman–Crippen MR) is 333 cm³/mol. The molecule has 9 atom stereocenters. The minimum Gasteiger partial charge on any atom is -0.508 e. The van der Waals surface area contributed by atoms with Gasteiger partial charge in [-0.05, 0) is 101 Å². The maximum Gasteiger partial charge on any atom is 0.330 e. The zero-order valence-corrected chi connectivity index (χ0v) is 52.3. The molecule has 12 amide bonds. The molecule has 6 rings (SSSR count). The lowest BCUT2D eigenvalue weighted by molar-refractivity contribution is -0.142. The molecule has 32 nitrogen and oxygen atoms in total. The number of hydrazine groups is 1. The largest absolute Gasteiger partial charge is 0.508 e. The summed E-state index contributed by atoms with van der Waals surface area (Å²) >= 11 is 0. The number of aromatic hydroxyl groups is 1. The maximum atomic E-state index is 14.8. The molecule has 2 saturated heterocycles. The van der Waals surface area contributed by atoms with Gasteiger partial charge in [0.15, 0.2) is 5.96 Å². The Labute approximate surface area is 530 Å². The first-order valence-corrected chi connectivity index (χ1v) is 30.2. The summed E-state index contributed by atoms with van der Waals surface area (Å²) in [7, 11) is 0. The van der Waals surface area contributed by atoms with Crippen molar-refractivity contribution in [2.24, 2.45) is 28.1 Å². The van der Waals surface area contributed by atoms with Gasteiger partial charge in [-0.2, -0.15) is 0 Å². The fourth-order valence-electron chi connectivity index (χ4n) is 10.5. The molecule has 2 aromatic heterocycles. The number of benzene rings is 2. The fourth-order valence-corrected chi connectivity index (χ4v) is 10.5. The highest BCUT2D eigenvalue weighted by atomic mass is 16.5. The van der Waals surface area contributed by atoms with Gasteiger partial charge in [0.05, 0.1) is 25.1 Å². The van der Waals surface area contributed by atoms with E-state index in [2.05, 4.69) is 67.9 Å². The lowest BCUT2D eigenvalue weighted by Crippen LogP contribution is -2.64. The molecule has 0 spiro atoms. The number of guanidine groups is 1. The molecule has 4 aromatic rings. The van der Waals surface area contributed by atoms with Gasteiger partial charge in [0.1, 0.15) is 59.6 Å². The number of hydrogen-bond acceptors (Lipinski definition) is 16. The van der Waals surface area contributed by atoms with Gasteiger partial charge in [0.25, 0.3) is 5.91 Å². The summed E-state index contributed by atoms with van der Waals surface area (Å²) < 4.78 is 6.03. The van der Waals surface area contributed by atoms with Crippen molar-refractivity contribution in [1.29, 1.82) is 0 Å². The molecule has 9 unspecified atom stereocenters. The number of phenols is 1. The number of fused-ring (bicyclic) bond motifs is 1. The van der Waals surface area contributed by atoms with Crippen molar-refractivity contribution >= 4 is 82.0 Å². The summed E-state index contributed by atoms with van der Waals surface area (Å²) in [6.07, 6.45) is 4.85. The van der Waals surface area contributed by atoms with E-state index in [1.807, 2.05) is 5.43 Å². The van der Waals surface area contributed by atoms with E-state index in [1.165, 1.54) is 48.6 Å². The topological polar surface area (TPSA) is 496 Å². The minimum atomic E-state index is -1.81. The number of rotatable bonds is 31. The van der Waals surface area contributed by atoms with Gasteiger partial charge in [-0.25, -0.2) is 15.2 Å². The second-order valence-electron chi connectivity index (χ2n) is 24.4. The van der Waals surface area contributed by atoms with Crippen LogP contribution in [0.3, 0.4) is 0 Å². The second kappa shape index (κ2) is 32.8. The van der Waals surface area contributed by atoms with Crippen molar-refractivity contribution in [3.05, 3.63) is 84.1 Å². The molecule has 0 bridgehead atoms. The molecule has 92 heavy (non-hydrogen) atoms. The normalized spacial score (nSPS) is 17.3. The number of nitrogens with two attached hydrogens (primary N) is 3. The third-order valence-corrected chi connectivity index (χ3v) is 15.2. The number of aliphatic hydroxyl groups excluding tert-OH is 1. The SMILES string of the molecule is CC(C)CC(NC(=O)C(COC(C)(C)C)NC(=O)C(Cc1ccc(O)cc1)NC(=O)C(CO)NC(=O)C(Cc1c[nH]c2ccccc12)NC(=O)C(C)(Cc1cnc[nH]1)NC(=O)C1CCC(=O)N1)C(=O)NC(CCCN=C(N)N)C(=O)N1CCCC1C(=O)NNC(N)=O. The van der Waals surface area contributed by atoms with Crippen molar-refractivity contribution < 1.29 is 67.7 Å². The zero-order valence-electron chi connectivity index (χ0n) is 52.3. The minimum absolute atomic E-state index is 0.00328. The average molecular weight is 1280 g/mol. The van der Waals surface area contributed by atoms with Crippen LogP contribution in [0, 0.1) is 5.92 Å². The van der Waals surface area contributed by atoms with Crippen LogP contribution in [0.15, 0.2) is 72.2 Å². The third kappa shape index (κ3) is 21.1. The van der Waals surface area contributed by atoms with Gasteiger partial charge >= 0.3 is 6.03 Å².